The molecule has 2 heterocycles. The first-order valence-corrected chi connectivity index (χ1v) is 17.7. The minimum Gasteiger partial charge on any atom is -0.491 e. The number of aryl methyl sites for hydroxylation is 8. The largest absolute Gasteiger partial charge is 0.491 e. The molecule has 0 bridgehead atoms. The van der Waals surface area contributed by atoms with Gasteiger partial charge in [-0.25, -0.2) is 9.97 Å². The zero-order valence-corrected chi connectivity index (χ0v) is 31.8. The molecule has 2 aromatic carbocycles. The first-order valence-electron chi connectivity index (χ1n) is 17.7. The second-order valence-electron chi connectivity index (χ2n) is 13.6. The van der Waals surface area contributed by atoms with E-state index in [9.17, 15) is 0 Å². The highest BCUT2D eigenvalue weighted by Gasteiger charge is 2.30. The van der Waals surface area contributed by atoms with E-state index in [1.807, 2.05) is 6.92 Å². The molecule has 0 aliphatic carbocycles. The van der Waals surface area contributed by atoms with Crippen LogP contribution in [-0.2, 0) is 0 Å². The molecule has 0 aliphatic heterocycles. The Kier molecular flexibility index (Phi) is 12.2. The van der Waals surface area contributed by atoms with Crippen LogP contribution in [0, 0.1) is 69.2 Å². The number of rotatable bonds is 14. The van der Waals surface area contributed by atoms with Gasteiger partial charge in [0, 0.05) is 17.3 Å². The monoisotopic (exact) mass is 651 g/mol. The van der Waals surface area contributed by atoms with Gasteiger partial charge in [-0.05, 0) is 117 Å². The van der Waals surface area contributed by atoms with E-state index >= 15 is 0 Å². The highest BCUT2D eigenvalue weighted by Crippen LogP contribution is 2.47. The molecule has 0 fully saturated rings. The van der Waals surface area contributed by atoms with E-state index < -0.39 is 0 Å². The molecule has 0 atom stereocenters. The molecule has 6 heteroatoms. The molecular weight excluding hydrogens is 594 g/mol. The molecule has 4 rings (SSSR count). The van der Waals surface area contributed by atoms with E-state index in [1.54, 1.807) is 0 Å². The van der Waals surface area contributed by atoms with Crippen molar-refractivity contribution in [2.45, 2.75) is 128 Å². The van der Waals surface area contributed by atoms with Crippen molar-refractivity contribution in [3.05, 3.63) is 86.2 Å². The average molecular weight is 652 g/mol. The van der Waals surface area contributed by atoms with Crippen LogP contribution in [0.15, 0.2) is 30.3 Å². The summed E-state index contributed by atoms with van der Waals surface area (Å²) in [6, 6.07) is 11.0. The Morgan fingerprint density at radius 2 is 1.10 bits per heavy atom. The first kappa shape index (κ1) is 36.8. The number of pyridine rings is 2. The molecule has 258 valence electrons. The number of benzene rings is 2. The van der Waals surface area contributed by atoms with Gasteiger partial charge in [-0.15, -0.1) is 0 Å². The van der Waals surface area contributed by atoms with Crippen LogP contribution in [0.25, 0.3) is 0 Å². The maximum Gasteiger partial charge on any atom is 0.226 e. The van der Waals surface area contributed by atoms with Crippen molar-refractivity contribution in [1.82, 2.24) is 9.97 Å². The molecule has 6 nitrogen and oxygen atoms in total. The summed E-state index contributed by atoms with van der Waals surface area (Å²) in [5, 5.41) is 0. The maximum atomic E-state index is 6.78. The highest BCUT2D eigenvalue weighted by molar-refractivity contribution is 5.77. The number of nitrogens with zero attached hydrogens (tertiary/aromatic N) is 3. The summed E-state index contributed by atoms with van der Waals surface area (Å²) in [5.41, 5.74) is 12.5. The molecule has 0 radical (unpaired) electrons. The fourth-order valence-electron chi connectivity index (χ4n) is 6.86. The Labute approximate surface area is 289 Å². The van der Waals surface area contributed by atoms with E-state index in [0.717, 1.165) is 105 Å². The summed E-state index contributed by atoms with van der Waals surface area (Å²) < 4.78 is 20.1. The van der Waals surface area contributed by atoms with Gasteiger partial charge in [0.25, 0.3) is 0 Å². The molecule has 0 N–H and O–H groups in total. The number of anilines is 2. The minimum absolute atomic E-state index is 0.187. The quantitative estimate of drug-likeness (QED) is 0.126. The molecule has 4 aromatic rings. The van der Waals surface area contributed by atoms with Crippen LogP contribution in [0.4, 0.5) is 11.4 Å². The third kappa shape index (κ3) is 7.97. The summed E-state index contributed by atoms with van der Waals surface area (Å²) in [6.45, 7) is 28.3. The third-order valence-electron chi connectivity index (χ3n) is 9.23. The van der Waals surface area contributed by atoms with Crippen LogP contribution < -0.4 is 19.1 Å². The second kappa shape index (κ2) is 15.9. The Morgan fingerprint density at radius 3 is 1.58 bits per heavy atom. The lowest BCUT2D eigenvalue weighted by Gasteiger charge is -2.36. The van der Waals surface area contributed by atoms with Crippen molar-refractivity contribution in [3.8, 4) is 29.0 Å². The Hall–Kier alpha value is -4.06. The van der Waals surface area contributed by atoms with Crippen LogP contribution in [-0.4, -0.2) is 22.6 Å². The average Bonchev–Trinajstić information content (AvgIpc) is 3.01. The van der Waals surface area contributed by atoms with Gasteiger partial charge < -0.3 is 19.1 Å². The van der Waals surface area contributed by atoms with E-state index in [1.165, 1.54) is 11.1 Å². The van der Waals surface area contributed by atoms with Gasteiger partial charge >= 0.3 is 0 Å². The topological polar surface area (TPSA) is 56.7 Å². The van der Waals surface area contributed by atoms with E-state index in [0.29, 0.717) is 18.4 Å². The van der Waals surface area contributed by atoms with Crippen LogP contribution in [0.1, 0.15) is 109 Å². The van der Waals surface area contributed by atoms with E-state index in [-0.39, 0.29) is 6.04 Å². The van der Waals surface area contributed by atoms with Gasteiger partial charge in [0.15, 0.2) is 5.75 Å². The van der Waals surface area contributed by atoms with Gasteiger partial charge in [0.05, 0.1) is 23.6 Å². The Bertz CT molecular complexity index is 1710. The third-order valence-corrected chi connectivity index (χ3v) is 9.23. The lowest BCUT2D eigenvalue weighted by Crippen LogP contribution is -2.32. The zero-order valence-electron chi connectivity index (χ0n) is 31.8. The van der Waals surface area contributed by atoms with Crippen molar-refractivity contribution in [2.75, 3.05) is 11.5 Å². The molecule has 0 saturated carbocycles. The van der Waals surface area contributed by atoms with Gasteiger partial charge in [0.2, 0.25) is 11.8 Å². The smallest absolute Gasteiger partial charge is 0.226 e. The van der Waals surface area contributed by atoms with Gasteiger partial charge in [-0.3, -0.25) is 0 Å². The first-order chi connectivity index (χ1) is 22.8. The lowest BCUT2D eigenvalue weighted by molar-refractivity contribution is 0.301. The van der Waals surface area contributed by atoms with Gasteiger partial charge in [0.1, 0.15) is 17.2 Å². The summed E-state index contributed by atoms with van der Waals surface area (Å²) in [4.78, 5) is 12.5. The standard InChI is InChI=1S/C42H57N3O3/c1-14-17-18-19-46-40-33(12)42(48-39-29(8)22-26(5)23-30(39)9)44-34(13)37(40)45(35(15-2)16-3)36-24-31(10)43-41(32(36)11)47-38-27(6)20-25(4)21-28(38)7/h20-24,35H,14-19H2,1-13H3. The Balaban J connectivity index is 1.94. The number of aromatic nitrogens is 2. The molecule has 0 aliphatic rings. The number of unbranched alkanes of at least 4 members (excludes halogenated alkanes) is 2. The van der Waals surface area contributed by atoms with Crippen molar-refractivity contribution < 1.29 is 14.2 Å². The molecule has 0 amide bonds. The van der Waals surface area contributed by atoms with Crippen molar-refractivity contribution in [2.24, 2.45) is 0 Å². The molecule has 0 saturated heterocycles. The van der Waals surface area contributed by atoms with Gasteiger partial charge in [-0.1, -0.05) is 69.0 Å². The van der Waals surface area contributed by atoms with Crippen LogP contribution in [0.3, 0.4) is 0 Å². The fourth-order valence-corrected chi connectivity index (χ4v) is 6.86. The molecule has 2 aromatic heterocycles. The van der Waals surface area contributed by atoms with Crippen molar-refractivity contribution >= 4 is 11.4 Å². The number of hydrogen-bond acceptors (Lipinski definition) is 6. The molecule has 0 spiro atoms. The summed E-state index contributed by atoms with van der Waals surface area (Å²) >= 11 is 0. The summed E-state index contributed by atoms with van der Waals surface area (Å²) in [5.74, 6) is 3.73. The predicted molar refractivity (Wildman–Crippen MR) is 200 cm³/mol. The molecule has 48 heavy (non-hydrogen) atoms. The van der Waals surface area contributed by atoms with Gasteiger partial charge in [-0.2, -0.15) is 0 Å². The Morgan fingerprint density at radius 1 is 0.604 bits per heavy atom. The molecule has 0 unspecified atom stereocenters. The lowest BCUT2D eigenvalue weighted by atomic mass is 10.0. The number of hydrogen-bond donors (Lipinski definition) is 0. The summed E-state index contributed by atoms with van der Waals surface area (Å²) in [7, 11) is 0. The second-order valence-corrected chi connectivity index (χ2v) is 13.6. The fraction of sp³-hybridized carbons (Fsp3) is 0.476. The molecular formula is C42H57N3O3. The summed E-state index contributed by atoms with van der Waals surface area (Å²) in [6.07, 6.45) is 5.10. The highest BCUT2D eigenvalue weighted by atomic mass is 16.5. The minimum atomic E-state index is 0.187. The van der Waals surface area contributed by atoms with Crippen LogP contribution in [0.2, 0.25) is 0 Å². The SMILES string of the molecule is CCCCCOc1c(C)c(Oc2c(C)cc(C)cc2C)nc(C)c1N(c1cc(C)nc(Oc2c(C)cc(C)cc2C)c1C)C(CC)CC. The van der Waals surface area contributed by atoms with E-state index in [2.05, 4.69) is 118 Å². The van der Waals surface area contributed by atoms with Crippen LogP contribution >= 0.6 is 0 Å². The predicted octanol–water partition coefficient (Wildman–Crippen LogP) is 12.0. The van der Waals surface area contributed by atoms with Crippen molar-refractivity contribution in [3.63, 3.8) is 0 Å². The van der Waals surface area contributed by atoms with Crippen molar-refractivity contribution in [1.29, 1.82) is 0 Å². The number of ether oxygens (including phenoxy) is 3. The zero-order chi connectivity index (χ0) is 35.3. The van der Waals surface area contributed by atoms with E-state index in [4.69, 9.17) is 24.2 Å². The normalized spacial score (nSPS) is 11.3. The maximum absolute atomic E-state index is 6.78. The van der Waals surface area contributed by atoms with Crippen LogP contribution in [0.5, 0.6) is 29.0 Å².